The Bertz CT molecular complexity index is 870. The second-order valence-electron chi connectivity index (χ2n) is 5.21. The summed E-state index contributed by atoms with van der Waals surface area (Å²) in [6, 6.07) is 12.6. The van der Waals surface area contributed by atoms with E-state index < -0.39 is 5.91 Å². The minimum Gasteiger partial charge on any atom is -0.494 e. The summed E-state index contributed by atoms with van der Waals surface area (Å²) in [6.45, 7) is 2.31. The molecule has 128 valence electrons. The smallest absolute Gasteiger partial charge is 0.259 e. The van der Waals surface area contributed by atoms with Gasteiger partial charge in [0.25, 0.3) is 5.91 Å². The van der Waals surface area contributed by atoms with E-state index in [0.717, 1.165) is 11.1 Å². The highest BCUT2D eigenvalue weighted by atomic mass is 35.5. The first-order valence-electron chi connectivity index (χ1n) is 7.56. The van der Waals surface area contributed by atoms with E-state index in [1.807, 2.05) is 31.2 Å². The third-order valence-corrected chi connectivity index (χ3v) is 4.20. The maximum Gasteiger partial charge on any atom is 0.259 e. The van der Waals surface area contributed by atoms with E-state index >= 15 is 0 Å². The molecule has 0 fully saturated rings. The van der Waals surface area contributed by atoms with Crippen LogP contribution in [0.25, 0.3) is 6.08 Å². The molecule has 2 aromatic rings. The molecule has 6 heteroatoms. The molecule has 2 N–H and O–H groups in total. The number of carbonyl (C=O) groups excluding carboxylic acids is 1. The number of rotatable bonds is 6. The highest BCUT2D eigenvalue weighted by molar-refractivity contribution is 6.32. The Morgan fingerprint density at radius 2 is 2.00 bits per heavy atom. The largest absolute Gasteiger partial charge is 0.494 e. The minimum absolute atomic E-state index is 0.155. The molecular weight excluding hydrogens is 359 g/mol. The van der Waals surface area contributed by atoms with Crippen molar-refractivity contribution in [3.63, 3.8) is 0 Å². The van der Waals surface area contributed by atoms with E-state index in [0.29, 0.717) is 34.4 Å². The predicted molar refractivity (Wildman–Crippen MR) is 99.7 cm³/mol. The van der Waals surface area contributed by atoms with Crippen LogP contribution in [0.2, 0.25) is 10.0 Å². The van der Waals surface area contributed by atoms with Crippen LogP contribution in [0.1, 0.15) is 23.6 Å². The van der Waals surface area contributed by atoms with E-state index in [-0.39, 0.29) is 5.57 Å². The molecule has 0 spiro atoms. The lowest BCUT2D eigenvalue weighted by Crippen LogP contribution is -2.12. The van der Waals surface area contributed by atoms with Gasteiger partial charge in [-0.05, 0) is 42.3 Å². The molecule has 2 aromatic carbocycles. The van der Waals surface area contributed by atoms with Crippen LogP contribution < -0.4 is 10.5 Å². The molecule has 2 rings (SSSR count). The number of nitrogens with two attached hydrogens (primary N) is 1. The summed E-state index contributed by atoms with van der Waals surface area (Å²) in [6.07, 6.45) is 1.88. The van der Waals surface area contributed by atoms with Crippen LogP contribution in [0.5, 0.6) is 5.75 Å². The Morgan fingerprint density at radius 3 is 2.60 bits per heavy atom. The Hall–Kier alpha value is -2.48. The number of halogens is 2. The number of primary amides is 1. The van der Waals surface area contributed by atoms with Gasteiger partial charge in [0.2, 0.25) is 0 Å². The lowest BCUT2D eigenvalue weighted by molar-refractivity contribution is -0.114. The number of carbonyl (C=O) groups is 1. The highest BCUT2D eigenvalue weighted by Gasteiger charge is 2.14. The Kier molecular flexibility index (Phi) is 6.46. The van der Waals surface area contributed by atoms with Crippen molar-refractivity contribution in [2.75, 3.05) is 6.61 Å². The summed E-state index contributed by atoms with van der Waals surface area (Å²) in [5.41, 5.74) is 7.28. The Balaban J connectivity index is 2.50. The van der Waals surface area contributed by atoms with Crippen LogP contribution >= 0.6 is 23.2 Å². The molecule has 25 heavy (non-hydrogen) atoms. The predicted octanol–water partition coefficient (Wildman–Crippen LogP) is 4.38. The zero-order valence-corrected chi connectivity index (χ0v) is 15.1. The summed E-state index contributed by atoms with van der Waals surface area (Å²) >= 11 is 12.7. The van der Waals surface area contributed by atoms with Crippen molar-refractivity contribution in [1.29, 1.82) is 5.26 Å². The minimum atomic E-state index is -0.795. The highest BCUT2D eigenvalue weighted by Crippen LogP contribution is 2.33. The normalized spacial score (nSPS) is 11.0. The molecule has 0 atom stereocenters. The van der Waals surface area contributed by atoms with Crippen LogP contribution in [-0.4, -0.2) is 12.5 Å². The van der Waals surface area contributed by atoms with Crippen LogP contribution in [0.4, 0.5) is 0 Å². The van der Waals surface area contributed by atoms with Crippen LogP contribution in [0, 0.1) is 11.3 Å². The van der Waals surface area contributed by atoms with E-state index in [2.05, 4.69) is 0 Å². The second-order valence-corrected chi connectivity index (χ2v) is 6.03. The molecule has 1 amide bonds. The first kappa shape index (κ1) is 18.9. The van der Waals surface area contributed by atoms with Crippen LogP contribution in [-0.2, 0) is 11.2 Å². The van der Waals surface area contributed by atoms with E-state index in [9.17, 15) is 4.79 Å². The second kappa shape index (κ2) is 8.57. The molecule has 0 radical (unpaired) electrons. The van der Waals surface area contributed by atoms with Gasteiger partial charge in [0.15, 0.2) is 0 Å². The zero-order chi connectivity index (χ0) is 18.4. The van der Waals surface area contributed by atoms with Crippen LogP contribution in [0.15, 0.2) is 42.0 Å². The molecule has 4 nitrogen and oxygen atoms in total. The fourth-order valence-electron chi connectivity index (χ4n) is 2.33. The Morgan fingerprint density at radius 1 is 1.28 bits per heavy atom. The fraction of sp³-hybridized carbons (Fsp3) is 0.158. The summed E-state index contributed by atoms with van der Waals surface area (Å²) in [5.74, 6) is -0.223. The third kappa shape index (κ3) is 4.76. The molecular formula is C19H16Cl2N2O2. The fourth-order valence-corrected chi connectivity index (χ4v) is 2.82. The topological polar surface area (TPSA) is 76.1 Å². The summed E-state index contributed by atoms with van der Waals surface area (Å²) in [4.78, 5) is 11.2. The summed E-state index contributed by atoms with van der Waals surface area (Å²) < 4.78 is 5.69. The van der Waals surface area contributed by atoms with Crippen LogP contribution in [0.3, 0.4) is 0 Å². The van der Waals surface area contributed by atoms with E-state index in [4.69, 9.17) is 38.9 Å². The maximum absolute atomic E-state index is 11.2. The lowest BCUT2D eigenvalue weighted by atomic mass is 10.0. The number of ether oxygens (including phenoxy) is 1. The molecule has 0 saturated carbocycles. The molecule has 0 aliphatic rings. The molecule has 0 aliphatic carbocycles. The first-order chi connectivity index (χ1) is 12.0. The standard InChI is InChI=1S/C19H16Cl2N2O2/c1-2-25-18-9-12(7-14(11-22)19(23)24)8-17(21)15(18)10-13-5-3-4-6-16(13)20/h3-9H,2,10H2,1H3,(H2,23,24)/b14-7+. The van der Waals surface area contributed by atoms with Gasteiger partial charge in [-0.1, -0.05) is 41.4 Å². The van der Waals surface area contributed by atoms with Crippen molar-refractivity contribution in [2.45, 2.75) is 13.3 Å². The molecule has 0 heterocycles. The van der Waals surface area contributed by atoms with E-state index in [1.54, 1.807) is 18.2 Å². The monoisotopic (exact) mass is 374 g/mol. The number of amides is 1. The molecule has 0 unspecified atom stereocenters. The maximum atomic E-state index is 11.2. The van der Waals surface area contributed by atoms with Gasteiger partial charge in [-0.15, -0.1) is 0 Å². The van der Waals surface area contributed by atoms with E-state index in [1.165, 1.54) is 6.08 Å². The van der Waals surface area contributed by atoms with Crippen molar-refractivity contribution in [1.82, 2.24) is 0 Å². The lowest BCUT2D eigenvalue weighted by Gasteiger charge is -2.14. The van der Waals surface area contributed by atoms with Gasteiger partial charge in [0.05, 0.1) is 6.61 Å². The zero-order valence-electron chi connectivity index (χ0n) is 13.6. The molecule has 0 aliphatic heterocycles. The van der Waals surface area contributed by atoms with Crippen molar-refractivity contribution in [3.8, 4) is 11.8 Å². The number of nitriles is 1. The first-order valence-corrected chi connectivity index (χ1v) is 8.32. The number of benzene rings is 2. The van der Waals surface area contributed by atoms with Gasteiger partial charge in [-0.25, -0.2) is 0 Å². The van der Waals surface area contributed by atoms with Crippen molar-refractivity contribution < 1.29 is 9.53 Å². The van der Waals surface area contributed by atoms with Gasteiger partial charge in [-0.2, -0.15) is 5.26 Å². The SMILES string of the molecule is CCOc1cc(/C=C(\C#N)C(N)=O)cc(Cl)c1Cc1ccccc1Cl. The molecule has 0 aromatic heterocycles. The average molecular weight is 375 g/mol. The Labute approximate surface area is 156 Å². The number of nitrogens with zero attached hydrogens (tertiary/aromatic N) is 1. The van der Waals surface area contributed by atoms with Gasteiger partial charge in [0, 0.05) is 22.0 Å². The van der Waals surface area contributed by atoms with Gasteiger partial charge >= 0.3 is 0 Å². The van der Waals surface area contributed by atoms with Gasteiger partial charge in [-0.3, -0.25) is 4.79 Å². The van der Waals surface area contributed by atoms with Crippen molar-refractivity contribution in [3.05, 3.63) is 68.7 Å². The van der Waals surface area contributed by atoms with Gasteiger partial charge < -0.3 is 10.5 Å². The third-order valence-electron chi connectivity index (χ3n) is 3.50. The molecule has 0 bridgehead atoms. The van der Waals surface area contributed by atoms with Crippen molar-refractivity contribution >= 4 is 35.2 Å². The van der Waals surface area contributed by atoms with Crippen molar-refractivity contribution in [2.24, 2.45) is 5.73 Å². The summed E-state index contributed by atoms with van der Waals surface area (Å²) in [5, 5.41) is 10.1. The van der Waals surface area contributed by atoms with Gasteiger partial charge in [0.1, 0.15) is 17.4 Å². The quantitative estimate of drug-likeness (QED) is 0.602. The number of hydrogen-bond acceptors (Lipinski definition) is 3. The summed E-state index contributed by atoms with van der Waals surface area (Å²) in [7, 11) is 0. The number of hydrogen-bond donors (Lipinski definition) is 1. The molecule has 0 saturated heterocycles. The average Bonchev–Trinajstić information content (AvgIpc) is 2.57.